The number of hydrogen-bond donors (Lipinski definition) is 1. The van der Waals surface area contributed by atoms with Gasteiger partial charge in [0.15, 0.2) is 0 Å². The van der Waals surface area contributed by atoms with Crippen molar-refractivity contribution < 1.29 is 26.3 Å². The average Bonchev–Trinajstić information content (AvgIpc) is 3.30. The number of alkyl halides is 1. The average molecular weight is 565 g/mol. The number of piperazine rings is 1. The van der Waals surface area contributed by atoms with Crippen molar-refractivity contribution in [3.05, 3.63) is 70.4 Å². The van der Waals surface area contributed by atoms with Gasteiger partial charge in [-0.05, 0) is 36.6 Å². The van der Waals surface area contributed by atoms with Gasteiger partial charge in [0.05, 0.1) is 29.5 Å². The first kappa shape index (κ1) is 26.9. The molecule has 2 aromatic heterocycles. The van der Waals surface area contributed by atoms with E-state index in [0.717, 1.165) is 16.8 Å². The molecule has 2 atom stereocenters. The van der Waals surface area contributed by atoms with Crippen LogP contribution in [-0.4, -0.2) is 65.9 Å². The number of hydrogen-bond acceptors (Lipinski definition) is 8. The molecule has 0 amide bonds. The second-order valence-electron chi connectivity index (χ2n) is 9.57. The monoisotopic (exact) mass is 564 g/mol. The van der Waals surface area contributed by atoms with Crippen molar-refractivity contribution in [1.29, 1.82) is 0 Å². The Kier molecular flexibility index (Phi) is 7.49. The van der Waals surface area contributed by atoms with Gasteiger partial charge in [0.1, 0.15) is 29.6 Å². The number of pyridine rings is 1. The Balaban J connectivity index is 1.40. The van der Waals surface area contributed by atoms with Crippen molar-refractivity contribution in [2.75, 3.05) is 36.8 Å². The van der Waals surface area contributed by atoms with Gasteiger partial charge in [0.25, 0.3) is 0 Å². The van der Waals surface area contributed by atoms with Crippen LogP contribution in [0.15, 0.2) is 47.7 Å². The van der Waals surface area contributed by atoms with Gasteiger partial charge >= 0.3 is 5.56 Å². The quantitative estimate of drug-likeness (QED) is 0.464. The summed E-state index contributed by atoms with van der Waals surface area (Å²) >= 11 is 0. The summed E-state index contributed by atoms with van der Waals surface area (Å²) in [7, 11) is -3.69. The Bertz CT molecular complexity index is 1510. The van der Waals surface area contributed by atoms with Gasteiger partial charge in [-0.3, -0.25) is 9.78 Å². The van der Waals surface area contributed by atoms with Crippen LogP contribution in [0, 0.1) is 11.6 Å². The molecule has 14 heteroatoms. The van der Waals surface area contributed by atoms with Crippen LogP contribution in [0.3, 0.4) is 0 Å². The third-order valence-corrected chi connectivity index (χ3v) is 8.70. The molecular weight excluding hydrogens is 537 g/mol. The van der Waals surface area contributed by atoms with E-state index in [1.165, 1.54) is 22.9 Å². The van der Waals surface area contributed by atoms with Gasteiger partial charge < -0.3 is 15.4 Å². The number of nitrogen functional groups attached to an aromatic ring is 1. The molecule has 0 bridgehead atoms. The molecule has 2 unspecified atom stereocenters. The maximum absolute atomic E-state index is 13.9. The van der Waals surface area contributed by atoms with E-state index < -0.39 is 39.5 Å². The number of halogens is 3. The van der Waals surface area contributed by atoms with Crippen LogP contribution in [0.5, 0.6) is 5.75 Å². The lowest BCUT2D eigenvalue weighted by Gasteiger charge is -2.36. The number of anilines is 2. The number of ether oxygens (including phenoxy) is 1. The normalized spacial score (nSPS) is 20.3. The first-order valence-electron chi connectivity index (χ1n) is 12.4. The van der Waals surface area contributed by atoms with E-state index in [-0.39, 0.29) is 55.5 Å². The lowest BCUT2D eigenvalue weighted by Crippen LogP contribution is -2.49. The van der Waals surface area contributed by atoms with Crippen LogP contribution < -0.4 is 20.9 Å². The van der Waals surface area contributed by atoms with Gasteiger partial charge in [0.2, 0.25) is 15.8 Å². The zero-order valence-electron chi connectivity index (χ0n) is 20.8. The van der Waals surface area contributed by atoms with E-state index in [4.69, 9.17) is 10.5 Å². The highest BCUT2D eigenvalue weighted by molar-refractivity contribution is 7.88. The van der Waals surface area contributed by atoms with Crippen LogP contribution in [0.1, 0.15) is 24.8 Å². The fourth-order valence-electron chi connectivity index (χ4n) is 4.83. The molecule has 1 saturated heterocycles. The lowest BCUT2D eigenvalue weighted by atomic mass is 10.2. The summed E-state index contributed by atoms with van der Waals surface area (Å²) in [6.07, 6.45) is 3.41. The summed E-state index contributed by atoms with van der Waals surface area (Å²) in [4.78, 5) is 19.1. The maximum atomic E-state index is 13.9. The minimum absolute atomic E-state index is 0.111. The molecule has 2 aliphatic rings. The van der Waals surface area contributed by atoms with E-state index >= 15 is 0 Å². The predicted octanol–water partition coefficient (Wildman–Crippen LogP) is 2.41. The molecule has 2 N–H and O–H groups in total. The topological polar surface area (TPSA) is 124 Å². The maximum Gasteiger partial charge on any atom is 0.316 e. The predicted molar refractivity (Wildman–Crippen MR) is 138 cm³/mol. The van der Waals surface area contributed by atoms with Crippen molar-refractivity contribution in [3.63, 3.8) is 0 Å². The van der Waals surface area contributed by atoms with Gasteiger partial charge in [-0.1, -0.05) is 0 Å². The zero-order valence-corrected chi connectivity index (χ0v) is 21.7. The molecule has 5 rings (SSSR count). The molecule has 0 spiro atoms. The summed E-state index contributed by atoms with van der Waals surface area (Å²) in [6, 6.07) is 4.17. The highest BCUT2D eigenvalue weighted by Crippen LogP contribution is 2.31. The van der Waals surface area contributed by atoms with Gasteiger partial charge in [-0.25, -0.2) is 21.6 Å². The molecule has 3 aromatic rings. The van der Waals surface area contributed by atoms with Crippen molar-refractivity contribution in [2.24, 2.45) is 0 Å². The molecule has 1 aliphatic carbocycles. The molecule has 1 aromatic carbocycles. The van der Waals surface area contributed by atoms with Gasteiger partial charge in [-0.15, -0.1) is 0 Å². The van der Waals surface area contributed by atoms with E-state index in [2.05, 4.69) is 10.1 Å². The van der Waals surface area contributed by atoms with Gasteiger partial charge in [-0.2, -0.15) is 14.1 Å². The molecule has 39 heavy (non-hydrogen) atoms. The van der Waals surface area contributed by atoms with Crippen molar-refractivity contribution in [1.82, 2.24) is 19.1 Å². The number of rotatable bonds is 7. The van der Waals surface area contributed by atoms with E-state index in [9.17, 15) is 26.4 Å². The Morgan fingerprint density at radius 1 is 1.05 bits per heavy atom. The van der Waals surface area contributed by atoms with Crippen LogP contribution in [0.4, 0.5) is 24.5 Å². The minimum atomic E-state index is -3.69. The second kappa shape index (κ2) is 10.8. The fourth-order valence-corrected chi connectivity index (χ4v) is 6.39. The molecule has 1 aliphatic heterocycles. The van der Waals surface area contributed by atoms with Crippen molar-refractivity contribution >= 4 is 21.4 Å². The number of aromatic nitrogens is 3. The number of nitrogens with zero attached hydrogens (tertiary/aromatic N) is 5. The Morgan fingerprint density at radius 2 is 1.77 bits per heavy atom. The van der Waals surface area contributed by atoms with Crippen LogP contribution in [0.2, 0.25) is 0 Å². The molecule has 208 valence electrons. The van der Waals surface area contributed by atoms with E-state index in [1.807, 2.05) is 0 Å². The smallest absolute Gasteiger partial charge is 0.316 e. The fraction of sp³-hybridized carbons (Fsp3) is 0.400. The Hall–Kier alpha value is -3.65. The van der Waals surface area contributed by atoms with Crippen molar-refractivity contribution in [2.45, 2.75) is 37.3 Å². The molecule has 2 fully saturated rings. The van der Waals surface area contributed by atoms with Crippen LogP contribution in [0.25, 0.3) is 5.69 Å². The lowest BCUT2D eigenvalue weighted by molar-refractivity contribution is 0.193. The van der Waals surface area contributed by atoms with Crippen LogP contribution in [-0.2, 0) is 15.8 Å². The summed E-state index contributed by atoms with van der Waals surface area (Å²) in [5, 5.41) is 4.11. The van der Waals surface area contributed by atoms with E-state index in [0.29, 0.717) is 30.2 Å². The summed E-state index contributed by atoms with van der Waals surface area (Å²) in [5.41, 5.74) is 6.00. The Labute approximate surface area is 222 Å². The van der Waals surface area contributed by atoms with Gasteiger partial charge in [0, 0.05) is 44.9 Å². The minimum Gasteiger partial charge on any atom is -0.483 e. The summed E-state index contributed by atoms with van der Waals surface area (Å²) < 4.78 is 75.8. The number of sulfonamides is 1. The summed E-state index contributed by atoms with van der Waals surface area (Å²) in [5.74, 6) is -2.17. The third-order valence-electron chi connectivity index (χ3n) is 6.87. The molecule has 10 nitrogen and oxygen atoms in total. The molecule has 0 radical (unpaired) electrons. The summed E-state index contributed by atoms with van der Waals surface area (Å²) in [6.45, 7) is 0.691. The molecule has 3 heterocycles. The third kappa shape index (κ3) is 5.86. The highest BCUT2D eigenvalue weighted by atomic mass is 32.2. The second-order valence-corrected chi connectivity index (χ2v) is 11.5. The van der Waals surface area contributed by atoms with Crippen molar-refractivity contribution in [3.8, 4) is 11.4 Å². The number of nitrogens with two attached hydrogens (primary N) is 1. The SMILES string of the molecule is Nc1cnccc1CS(=O)(=O)N1CCN(c2cnn(-c3cc(F)cc(F)c3)c(=O)c2OC2CCC(F)C2)CC1. The first-order chi connectivity index (χ1) is 18.6. The van der Waals surface area contributed by atoms with E-state index in [1.54, 1.807) is 11.0 Å². The Morgan fingerprint density at radius 3 is 2.41 bits per heavy atom. The standard InChI is InChI=1S/C25H27F3N6O4S/c26-17-1-2-21(12-17)38-24-23(14-31-34(25(24)35)20-10-18(27)9-19(28)11-20)32-5-7-33(8-6-32)39(36,37)15-16-3-4-30-13-22(16)29/h3-4,9-11,13-14,17,21H,1-2,5-8,12,15,29H2. The molecule has 1 saturated carbocycles. The van der Waals surface area contributed by atoms with Crippen LogP contribution >= 0.6 is 0 Å². The number of benzene rings is 1. The largest absolute Gasteiger partial charge is 0.483 e. The highest BCUT2D eigenvalue weighted by Gasteiger charge is 2.32. The first-order valence-corrected chi connectivity index (χ1v) is 14.0. The molecular formula is C25H27F3N6O4S. The zero-order chi connectivity index (χ0) is 27.7.